The molecule has 2 aromatic rings. The normalized spacial score (nSPS) is 22.4. The number of pyridine rings is 1. The van der Waals surface area contributed by atoms with E-state index in [2.05, 4.69) is 15.3 Å². The van der Waals surface area contributed by atoms with Crippen LogP contribution in [0.4, 0.5) is 0 Å². The van der Waals surface area contributed by atoms with E-state index in [1.807, 2.05) is 11.6 Å². The molecule has 1 aliphatic carbocycles. The lowest BCUT2D eigenvalue weighted by Crippen LogP contribution is -2.33. The summed E-state index contributed by atoms with van der Waals surface area (Å²) in [6, 6.07) is 1.76. The molecule has 2 unspecified atom stereocenters. The van der Waals surface area contributed by atoms with Crippen molar-refractivity contribution in [3.8, 4) is 0 Å². The van der Waals surface area contributed by atoms with Crippen molar-refractivity contribution >= 4 is 17.1 Å². The topological polar surface area (TPSA) is 80.0 Å². The van der Waals surface area contributed by atoms with E-state index < -0.39 is 0 Å². The number of fused-ring (bicyclic) bond motifs is 1. The zero-order valence-corrected chi connectivity index (χ0v) is 12.1. The van der Waals surface area contributed by atoms with Gasteiger partial charge in [0.05, 0.1) is 18.0 Å². The largest absolute Gasteiger partial charge is 0.393 e. The van der Waals surface area contributed by atoms with Gasteiger partial charge in [0.15, 0.2) is 5.65 Å². The van der Waals surface area contributed by atoms with Crippen molar-refractivity contribution in [3.05, 3.63) is 24.2 Å². The molecule has 0 saturated heterocycles. The molecule has 0 bridgehead atoms. The predicted octanol–water partition coefficient (Wildman–Crippen LogP) is 1.25. The van der Waals surface area contributed by atoms with E-state index in [1.54, 1.807) is 18.6 Å². The minimum atomic E-state index is -0.216. The Labute approximate surface area is 123 Å². The van der Waals surface area contributed by atoms with Gasteiger partial charge in [0.1, 0.15) is 5.52 Å². The number of aliphatic hydroxyl groups is 1. The summed E-state index contributed by atoms with van der Waals surface area (Å²) in [7, 11) is 1.87. The van der Waals surface area contributed by atoms with Crippen LogP contribution in [0.2, 0.25) is 0 Å². The minimum Gasteiger partial charge on any atom is -0.393 e. The summed E-state index contributed by atoms with van der Waals surface area (Å²) in [5, 5.41) is 12.6. The Morgan fingerprint density at radius 2 is 2.33 bits per heavy atom. The van der Waals surface area contributed by atoms with Crippen molar-refractivity contribution < 1.29 is 9.90 Å². The maximum Gasteiger partial charge on any atom is 0.252 e. The summed E-state index contributed by atoms with van der Waals surface area (Å²) in [5.74, 6) is 0.236. The van der Waals surface area contributed by atoms with E-state index in [-0.39, 0.29) is 12.0 Å². The molecule has 112 valence electrons. The van der Waals surface area contributed by atoms with Crippen molar-refractivity contribution in [2.45, 2.75) is 31.8 Å². The molecule has 0 radical (unpaired) electrons. The molecule has 6 heteroatoms. The molecule has 0 aromatic carbocycles. The Morgan fingerprint density at radius 1 is 1.48 bits per heavy atom. The molecule has 2 aromatic heterocycles. The molecule has 1 saturated carbocycles. The average Bonchev–Trinajstić information content (AvgIpc) is 2.86. The van der Waals surface area contributed by atoms with Gasteiger partial charge in [-0.1, -0.05) is 6.42 Å². The Bertz CT molecular complexity index is 652. The van der Waals surface area contributed by atoms with Gasteiger partial charge in [0, 0.05) is 19.8 Å². The van der Waals surface area contributed by atoms with Crippen LogP contribution in [0.3, 0.4) is 0 Å². The molecule has 1 fully saturated rings. The SMILES string of the molecule is Cn1cnc2cc(C(=O)NCC3CCCC(O)C3)cnc21. The molecule has 0 spiro atoms. The highest BCUT2D eigenvalue weighted by molar-refractivity contribution is 5.96. The van der Waals surface area contributed by atoms with Gasteiger partial charge in [-0.3, -0.25) is 4.79 Å². The Kier molecular flexibility index (Phi) is 3.88. The Hall–Kier alpha value is -1.95. The Balaban J connectivity index is 1.63. The molecule has 2 N–H and O–H groups in total. The molecule has 1 amide bonds. The molecule has 21 heavy (non-hydrogen) atoms. The summed E-state index contributed by atoms with van der Waals surface area (Å²) in [5.41, 5.74) is 2.01. The second kappa shape index (κ2) is 5.81. The molecule has 0 aliphatic heterocycles. The van der Waals surface area contributed by atoms with Crippen molar-refractivity contribution in [1.82, 2.24) is 19.9 Å². The first-order valence-corrected chi connectivity index (χ1v) is 7.37. The summed E-state index contributed by atoms with van der Waals surface area (Å²) < 4.78 is 1.82. The van der Waals surface area contributed by atoms with Crippen LogP contribution in [0.25, 0.3) is 11.2 Å². The average molecular weight is 288 g/mol. The van der Waals surface area contributed by atoms with E-state index >= 15 is 0 Å². The summed E-state index contributed by atoms with van der Waals surface area (Å²) >= 11 is 0. The molecule has 2 atom stereocenters. The number of hydrogen-bond donors (Lipinski definition) is 2. The number of nitrogens with one attached hydrogen (secondary N) is 1. The highest BCUT2D eigenvalue weighted by Gasteiger charge is 2.20. The van der Waals surface area contributed by atoms with E-state index in [4.69, 9.17) is 0 Å². The van der Waals surface area contributed by atoms with Crippen LogP contribution in [0.15, 0.2) is 18.6 Å². The van der Waals surface area contributed by atoms with Crippen LogP contribution in [0, 0.1) is 5.92 Å². The minimum absolute atomic E-state index is 0.130. The fourth-order valence-electron chi connectivity index (χ4n) is 2.93. The molecule has 6 nitrogen and oxygen atoms in total. The lowest BCUT2D eigenvalue weighted by atomic mass is 9.87. The maximum atomic E-state index is 12.2. The number of aryl methyl sites for hydroxylation is 1. The van der Waals surface area contributed by atoms with Crippen molar-refractivity contribution in [3.63, 3.8) is 0 Å². The first kappa shape index (κ1) is 14.0. The fraction of sp³-hybridized carbons (Fsp3) is 0.533. The number of amides is 1. The highest BCUT2D eigenvalue weighted by atomic mass is 16.3. The second-order valence-corrected chi connectivity index (χ2v) is 5.82. The third-order valence-corrected chi connectivity index (χ3v) is 4.12. The van der Waals surface area contributed by atoms with Gasteiger partial charge in [0.25, 0.3) is 5.91 Å². The fourth-order valence-corrected chi connectivity index (χ4v) is 2.93. The van der Waals surface area contributed by atoms with Crippen molar-refractivity contribution in [1.29, 1.82) is 0 Å². The number of carbonyl (C=O) groups is 1. The predicted molar refractivity (Wildman–Crippen MR) is 78.8 cm³/mol. The zero-order valence-electron chi connectivity index (χ0n) is 12.1. The van der Waals surface area contributed by atoms with E-state index in [0.717, 1.165) is 36.8 Å². The van der Waals surface area contributed by atoms with Gasteiger partial charge >= 0.3 is 0 Å². The van der Waals surface area contributed by atoms with Gasteiger partial charge in [-0.2, -0.15) is 0 Å². The van der Waals surface area contributed by atoms with Crippen LogP contribution in [0.5, 0.6) is 0 Å². The van der Waals surface area contributed by atoms with Crippen LogP contribution in [-0.4, -0.2) is 38.2 Å². The van der Waals surface area contributed by atoms with Gasteiger partial charge in [-0.25, -0.2) is 9.97 Å². The zero-order chi connectivity index (χ0) is 14.8. The summed E-state index contributed by atoms with van der Waals surface area (Å²) in [6.45, 7) is 0.607. The number of hydrogen-bond acceptors (Lipinski definition) is 4. The number of aromatic nitrogens is 3. The van der Waals surface area contributed by atoms with Gasteiger partial charge in [0.2, 0.25) is 0 Å². The molecule has 1 aliphatic rings. The molecular formula is C15H20N4O2. The van der Waals surface area contributed by atoms with Crippen LogP contribution in [-0.2, 0) is 7.05 Å². The van der Waals surface area contributed by atoms with Crippen LogP contribution >= 0.6 is 0 Å². The van der Waals surface area contributed by atoms with Gasteiger partial charge in [-0.05, 0) is 31.2 Å². The highest BCUT2D eigenvalue weighted by Crippen LogP contribution is 2.23. The number of nitrogens with zero attached hydrogens (tertiary/aromatic N) is 3. The smallest absolute Gasteiger partial charge is 0.252 e. The van der Waals surface area contributed by atoms with E-state index in [9.17, 15) is 9.90 Å². The first-order chi connectivity index (χ1) is 10.1. The molecular weight excluding hydrogens is 268 g/mol. The standard InChI is InChI=1S/C15H20N4O2/c1-19-9-18-13-6-11(8-16-14(13)19)15(21)17-7-10-3-2-4-12(20)5-10/h6,8-10,12,20H,2-5,7H2,1H3,(H,17,21). The van der Waals surface area contributed by atoms with E-state index in [0.29, 0.717) is 18.0 Å². The number of rotatable bonds is 3. The second-order valence-electron chi connectivity index (χ2n) is 5.82. The number of imidazole rings is 1. The third kappa shape index (κ3) is 3.05. The lowest BCUT2D eigenvalue weighted by molar-refractivity contribution is 0.0873. The van der Waals surface area contributed by atoms with Gasteiger partial charge in [-0.15, -0.1) is 0 Å². The molecule has 2 heterocycles. The first-order valence-electron chi connectivity index (χ1n) is 7.37. The van der Waals surface area contributed by atoms with E-state index in [1.165, 1.54) is 0 Å². The quantitative estimate of drug-likeness (QED) is 0.890. The molecule has 3 rings (SSSR count). The summed E-state index contributed by atoms with van der Waals surface area (Å²) in [4.78, 5) is 20.6. The summed E-state index contributed by atoms with van der Waals surface area (Å²) in [6.07, 6.45) is 6.80. The Morgan fingerprint density at radius 3 is 3.14 bits per heavy atom. The lowest BCUT2D eigenvalue weighted by Gasteiger charge is -2.25. The monoisotopic (exact) mass is 288 g/mol. The maximum absolute atomic E-state index is 12.2. The third-order valence-electron chi connectivity index (χ3n) is 4.12. The van der Waals surface area contributed by atoms with Crippen LogP contribution < -0.4 is 5.32 Å². The number of aliphatic hydroxyl groups excluding tert-OH is 1. The van der Waals surface area contributed by atoms with Crippen molar-refractivity contribution in [2.24, 2.45) is 13.0 Å². The van der Waals surface area contributed by atoms with Crippen molar-refractivity contribution in [2.75, 3.05) is 6.54 Å². The number of carbonyl (C=O) groups excluding carboxylic acids is 1. The van der Waals surface area contributed by atoms with Gasteiger partial charge < -0.3 is 15.0 Å². The van der Waals surface area contributed by atoms with Crippen LogP contribution in [0.1, 0.15) is 36.0 Å².